The fourth-order valence-electron chi connectivity index (χ4n) is 3.71. The van der Waals surface area contributed by atoms with Crippen LogP contribution in [0, 0.1) is 0 Å². The summed E-state index contributed by atoms with van der Waals surface area (Å²) >= 11 is 0. The molecular weight excluding hydrogens is 362 g/mol. The van der Waals surface area contributed by atoms with Gasteiger partial charge in [0.1, 0.15) is 5.71 Å². The number of carbonyl (C=O) groups is 1. The van der Waals surface area contributed by atoms with E-state index in [9.17, 15) is 10.0 Å². The maximum atomic E-state index is 12.8. The van der Waals surface area contributed by atoms with Crippen molar-refractivity contribution < 1.29 is 10.0 Å². The first kappa shape index (κ1) is 17.0. The average Bonchev–Trinajstić information content (AvgIpc) is 3.28. The van der Waals surface area contributed by atoms with Crippen LogP contribution in [0.4, 0.5) is 11.4 Å². The molecule has 0 atom stereocenters. The van der Waals surface area contributed by atoms with Crippen LogP contribution in [-0.4, -0.2) is 16.8 Å². The highest BCUT2D eigenvalue weighted by molar-refractivity contribution is 6.39. The van der Waals surface area contributed by atoms with Crippen LogP contribution in [0.1, 0.15) is 22.3 Å². The molecule has 0 fully saturated rings. The molecule has 3 aromatic rings. The number of benzene rings is 3. The lowest BCUT2D eigenvalue weighted by Gasteiger charge is -2.05. The van der Waals surface area contributed by atoms with Crippen molar-refractivity contribution in [3.8, 4) is 0 Å². The highest BCUT2D eigenvalue weighted by Crippen LogP contribution is 2.39. The Kier molecular flexibility index (Phi) is 3.99. The SMILES string of the molecule is O=C1Nc2cc(/C=C/c3ccccc3)ccc2C1=C1Nc2ccccc2C1=NO. The largest absolute Gasteiger partial charge is 0.410 e. The van der Waals surface area contributed by atoms with Gasteiger partial charge in [-0.1, -0.05) is 78.0 Å². The van der Waals surface area contributed by atoms with Gasteiger partial charge in [-0.25, -0.2) is 0 Å². The molecule has 0 bridgehead atoms. The summed E-state index contributed by atoms with van der Waals surface area (Å²) < 4.78 is 0. The lowest BCUT2D eigenvalue weighted by Crippen LogP contribution is -2.12. The minimum absolute atomic E-state index is 0.222. The number of hydrogen-bond donors (Lipinski definition) is 3. The van der Waals surface area contributed by atoms with Crippen LogP contribution < -0.4 is 10.6 Å². The molecule has 5 heteroatoms. The number of oxime groups is 1. The Bertz CT molecular complexity index is 1220. The van der Waals surface area contributed by atoms with Crippen molar-refractivity contribution in [3.05, 3.63) is 101 Å². The first-order valence-electron chi connectivity index (χ1n) is 9.26. The normalized spacial score (nSPS) is 18.6. The predicted molar refractivity (Wildman–Crippen MR) is 116 cm³/mol. The summed E-state index contributed by atoms with van der Waals surface area (Å²) in [5.74, 6) is -0.222. The van der Waals surface area contributed by atoms with Crippen molar-refractivity contribution in [1.82, 2.24) is 0 Å². The van der Waals surface area contributed by atoms with Gasteiger partial charge in [-0.2, -0.15) is 0 Å². The summed E-state index contributed by atoms with van der Waals surface area (Å²) in [4.78, 5) is 12.8. The van der Waals surface area contributed by atoms with E-state index >= 15 is 0 Å². The second-order valence-corrected chi connectivity index (χ2v) is 6.87. The van der Waals surface area contributed by atoms with E-state index < -0.39 is 0 Å². The Labute approximate surface area is 167 Å². The average molecular weight is 379 g/mol. The van der Waals surface area contributed by atoms with Gasteiger partial charge in [0, 0.05) is 22.5 Å². The molecule has 0 aromatic heterocycles. The van der Waals surface area contributed by atoms with Crippen LogP contribution in [0.2, 0.25) is 0 Å². The van der Waals surface area contributed by atoms with Crippen molar-refractivity contribution in [2.75, 3.05) is 10.6 Å². The Morgan fingerprint density at radius 1 is 0.759 bits per heavy atom. The quantitative estimate of drug-likeness (QED) is 0.259. The van der Waals surface area contributed by atoms with E-state index in [4.69, 9.17) is 0 Å². The molecule has 0 saturated carbocycles. The van der Waals surface area contributed by atoms with Gasteiger partial charge in [-0.05, 0) is 23.3 Å². The molecule has 2 aliphatic rings. The minimum Gasteiger partial charge on any atom is -0.410 e. The number of para-hydroxylation sites is 1. The number of carbonyl (C=O) groups excluding carboxylic acids is 1. The van der Waals surface area contributed by atoms with Crippen molar-refractivity contribution in [1.29, 1.82) is 0 Å². The molecule has 3 N–H and O–H groups in total. The standard InChI is InChI=1S/C24H17N3O2/c28-24-21(23-22(27-29)18-8-4-5-9-19(18)25-23)17-13-12-16(14-20(17)26-24)11-10-15-6-2-1-3-7-15/h1-14,25,29H,(H,26,28)/b11-10+,23-21?,27-22?. The molecule has 5 rings (SSSR count). The van der Waals surface area contributed by atoms with Gasteiger partial charge < -0.3 is 15.8 Å². The molecule has 0 saturated heterocycles. The zero-order valence-corrected chi connectivity index (χ0v) is 15.4. The first-order valence-corrected chi connectivity index (χ1v) is 9.26. The highest BCUT2D eigenvalue weighted by atomic mass is 16.4. The maximum Gasteiger partial charge on any atom is 0.258 e. The van der Waals surface area contributed by atoms with Crippen LogP contribution in [-0.2, 0) is 4.79 Å². The van der Waals surface area contributed by atoms with Gasteiger partial charge in [-0.3, -0.25) is 4.79 Å². The van der Waals surface area contributed by atoms with Crippen LogP contribution in [0.3, 0.4) is 0 Å². The van der Waals surface area contributed by atoms with E-state index in [0.717, 1.165) is 33.6 Å². The monoisotopic (exact) mass is 379 g/mol. The molecule has 2 heterocycles. The van der Waals surface area contributed by atoms with Crippen molar-refractivity contribution >= 4 is 40.7 Å². The second kappa shape index (κ2) is 6.80. The molecule has 3 aromatic carbocycles. The van der Waals surface area contributed by atoms with Gasteiger partial charge in [0.2, 0.25) is 0 Å². The Balaban J connectivity index is 1.54. The number of fused-ring (bicyclic) bond motifs is 2. The highest BCUT2D eigenvalue weighted by Gasteiger charge is 2.34. The molecule has 0 aliphatic carbocycles. The number of nitrogens with one attached hydrogen (secondary N) is 2. The molecular formula is C24H17N3O2. The third-order valence-electron chi connectivity index (χ3n) is 5.08. The summed E-state index contributed by atoms with van der Waals surface area (Å²) in [5.41, 5.74) is 6.54. The smallest absolute Gasteiger partial charge is 0.258 e. The molecule has 1 amide bonds. The lowest BCUT2D eigenvalue weighted by molar-refractivity contribution is -0.110. The van der Waals surface area contributed by atoms with E-state index in [0.29, 0.717) is 17.0 Å². The Hall–Kier alpha value is -4.12. The molecule has 140 valence electrons. The zero-order chi connectivity index (χ0) is 19.8. The minimum atomic E-state index is -0.222. The van der Waals surface area contributed by atoms with Crippen LogP contribution in [0.15, 0.2) is 83.6 Å². The summed E-state index contributed by atoms with van der Waals surface area (Å²) in [7, 11) is 0. The zero-order valence-electron chi connectivity index (χ0n) is 15.4. The van der Waals surface area contributed by atoms with Gasteiger partial charge in [-0.15, -0.1) is 0 Å². The molecule has 2 aliphatic heterocycles. The van der Waals surface area contributed by atoms with Crippen LogP contribution in [0.25, 0.3) is 17.7 Å². The summed E-state index contributed by atoms with van der Waals surface area (Å²) in [6.07, 6.45) is 4.04. The fraction of sp³-hybridized carbons (Fsp3) is 0. The third kappa shape index (κ3) is 2.89. The molecule has 29 heavy (non-hydrogen) atoms. The van der Waals surface area contributed by atoms with Crippen molar-refractivity contribution in [3.63, 3.8) is 0 Å². The Morgan fingerprint density at radius 2 is 1.52 bits per heavy atom. The fourth-order valence-corrected chi connectivity index (χ4v) is 3.71. The molecule has 0 spiro atoms. The molecule has 0 radical (unpaired) electrons. The van der Waals surface area contributed by atoms with Gasteiger partial charge in [0.05, 0.1) is 11.3 Å². The van der Waals surface area contributed by atoms with Gasteiger partial charge >= 0.3 is 0 Å². The lowest BCUT2D eigenvalue weighted by atomic mass is 10.00. The van der Waals surface area contributed by atoms with Crippen LogP contribution >= 0.6 is 0 Å². The summed E-state index contributed by atoms with van der Waals surface area (Å²) in [6.45, 7) is 0. The van der Waals surface area contributed by atoms with Gasteiger partial charge in [0.25, 0.3) is 5.91 Å². The number of anilines is 2. The number of allylic oxidation sites excluding steroid dienone is 1. The van der Waals surface area contributed by atoms with Gasteiger partial charge in [0.15, 0.2) is 0 Å². The maximum absolute atomic E-state index is 12.8. The number of nitrogens with zero attached hydrogens (tertiary/aromatic N) is 1. The second-order valence-electron chi connectivity index (χ2n) is 6.87. The summed E-state index contributed by atoms with van der Waals surface area (Å²) in [5, 5.41) is 19.2. The van der Waals surface area contributed by atoms with Crippen molar-refractivity contribution in [2.45, 2.75) is 0 Å². The Morgan fingerprint density at radius 3 is 2.34 bits per heavy atom. The number of amides is 1. The topological polar surface area (TPSA) is 73.7 Å². The van der Waals surface area contributed by atoms with E-state index in [2.05, 4.69) is 15.8 Å². The first-order chi connectivity index (χ1) is 14.2. The number of hydrogen-bond acceptors (Lipinski definition) is 4. The molecule has 0 unspecified atom stereocenters. The number of rotatable bonds is 2. The predicted octanol–water partition coefficient (Wildman–Crippen LogP) is 4.82. The van der Waals surface area contributed by atoms with E-state index in [1.54, 1.807) is 0 Å². The van der Waals surface area contributed by atoms with Crippen LogP contribution in [0.5, 0.6) is 0 Å². The van der Waals surface area contributed by atoms with E-state index in [1.807, 2.05) is 84.9 Å². The van der Waals surface area contributed by atoms with E-state index in [1.165, 1.54) is 0 Å². The third-order valence-corrected chi connectivity index (χ3v) is 5.08. The van der Waals surface area contributed by atoms with Crippen molar-refractivity contribution in [2.24, 2.45) is 5.16 Å². The van der Waals surface area contributed by atoms with E-state index in [-0.39, 0.29) is 5.91 Å². The summed E-state index contributed by atoms with van der Waals surface area (Å²) in [6, 6.07) is 23.4. The molecule has 5 nitrogen and oxygen atoms in total.